The Morgan fingerprint density at radius 3 is 2.56 bits per heavy atom. The SMILES string of the molecule is Cc1ccc(F)cc1CC(O)(CN)C(C)C. The van der Waals surface area contributed by atoms with E-state index in [0.29, 0.717) is 6.42 Å². The first-order chi connectivity index (χ1) is 7.39. The molecule has 0 heterocycles. The average molecular weight is 225 g/mol. The Morgan fingerprint density at radius 2 is 2.06 bits per heavy atom. The van der Waals surface area contributed by atoms with Crippen molar-refractivity contribution in [2.45, 2.75) is 32.8 Å². The number of aryl methyl sites for hydroxylation is 1. The Bertz CT molecular complexity index is 365. The van der Waals surface area contributed by atoms with Gasteiger partial charge in [0.1, 0.15) is 5.82 Å². The lowest BCUT2D eigenvalue weighted by Gasteiger charge is -2.31. The standard InChI is InChI=1S/C13H20FNO/c1-9(2)13(16,8-15)7-11-6-12(14)5-4-10(11)3/h4-6,9,16H,7-8,15H2,1-3H3. The van der Waals surface area contributed by atoms with Crippen molar-refractivity contribution in [3.63, 3.8) is 0 Å². The van der Waals surface area contributed by atoms with Gasteiger partial charge in [-0.25, -0.2) is 4.39 Å². The number of nitrogens with two attached hydrogens (primary N) is 1. The van der Waals surface area contributed by atoms with Crippen LogP contribution in [0.5, 0.6) is 0 Å². The van der Waals surface area contributed by atoms with Crippen LogP contribution in [-0.2, 0) is 6.42 Å². The molecule has 2 nitrogen and oxygen atoms in total. The summed E-state index contributed by atoms with van der Waals surface area (Å²) in [7, 11) is 0. The fourth-order valence-corrected chi connectivity index (χ4v) is 1.67. The molecule has 0 amide bonds. The van der Waals surface area contributed by atoms with E-state index in [1.807, 2.05) is 20.8 Å². The molecule has 1 unspecified atom stereocenters. The van der Waals surface area contributed by atoms with Crippen LogP contribution in [0.15, 0.2) is 18.2 Å². The van der Waals surface area contributed by atoms with Crippen molar-refractivity contribution in [1.29, 1.82) is 0 Å². The summed E-state index contributed by atoms with van der Waals surface area (Å²) in [6.45, 7) is 5.93. The largest absolute Gasteiger partial charge is 0.388 e. The van der Waals surface area contributed by atoms with Gasteiger partial charge < -0.3 is 10.8 Å². The van der Waals surface area contributed by atoms with Gasteiger partial charge >= 0.3 is 0 Å². The van der Waals surface area contributed by atoms with E-state index < -0.39 is 5.60 Å². The van der Waals surface area contributed by atoms with Crippen molar-refractivity contribution in [3.8, 4) is 0 Å². The highest BCUT2D eigenvalue weighted by Crippen LogP contribution is 2.23. The van der Waals surface area contributed by atoms with Gasteiger partial charge in [0, 0.05) is 13.0 Å². The Labute approximate surface area is 96.3 Å². The zero-order valence-electron chi connectivity index (χ0n) is 10.1. The minimum absolute atomic E-state index is 0.0418. The number of halogens is 1. The minimum atomic E-state index is -0.960. The molecule has 0 radical (unpaired) electrons. The van der Waals surface area contributed by atoms with E-state index in [-0.39, 0.29) is 18.3 Å². The third-order valence-electron chi connectivity index (χ3n) is 3.24. The van der Waals surface area contributed by atoms with Gasteiger partial charge in [-0.2, -0.15) is 0 Å². The smallest absolute Gasteiger partial charge is 0.123 e. The van der Waals surface area contributed by atoms with E-state index >= 15 is 0 Å². The van der Waals surface area contributed by atoms with E-state index in [1.54, 1.807) is 6.07 Å². The van der Waals surface area contributed by atoms with Gasteiger partial charge in [0.2, 0.25) is 0 Å². The van der Waals surface area contributed by atoms with Gasteiger partial charge in [0.15, 0.2) is 0 Å². The first-order valence-electron chi connectivity index (χ1n) is 5.56. The Hall–Kier alpha value is -0.930. The summed E-state index contributed by atoms with van der Waals surface area (Å²) in [4.78, 5) is 0. The molecule has 1 aromatic carbocycles. The molecule has 0 aliphatic rings. The van der Waals surface area contributed by atoms with Crippen LogP contribution in [0.4, 0.5) is 4.39 Å². The number of aliphatic hydroxyl groups is 1. The highest BCUT2D eigenvalue weighted by Gasteiger charge is 2.30. The van der Waals surface area contributed by atoms with Gasteiger partial charge in [-0.3, -0.25) is 0 Å². The molecule has 0 aliphatic carbocycles. The Morgan fingerprint density at radius 1 is 1.44 bits per heavy atom. The summed E-state index contributed by atoms with van der Waals surface area (Å²) in [6.07, 6.45) is 0.394. The second kappa shape index (κ2) is 4.93. The van der Waals surface area contributed by atoms with Gasteiger partial charge in [0.25, 0.3) is 0 Å². The van der Waals surface area contributed by atoms with Gasteiger partial charge in [-0.15, -0.1) is 0 Å². The zero-order chi connectivity index (χ0) is 12.3. The number of hydrogen-bond acceptors (Lipinski definition) is 2. The summed E-state index contributed by atoms with van der Waals surface area (Å²) < 4.78 is 13.1. The second-order valence-electron chi connectivity index (χ2n) is 4.71. The molecule has 0 spiro atoms. The normalized spacial score (nSPS) is 15.2. The predicted molar refractivity (Wildman–Crippen MR) is 63.7 cm³/mol. The monoisotopic (exact) mass is 225 g/mol. The lowest BCUT2D eigenvalue weighted by atomic mass is 9.83. The molecule has 0 aliphatic heterocycles. The molecule has 0 fully saturated rings. The molecule has 90 valence electrons. The molecule has 0 aromatic heterocycles. The first kappa shape index (κ1) is 13.1. The lowest BCUT2D eigenvalue weighted by Crippen LogP contribution is -2.45. The molecule has 1 rings (SSSR count). The summed E-state index contributed by atoms with van der Waals surface area (Å²) in [5.41, 5.74) is 6.44. The molecule has 3 N–H and O–H groups in total. The summed E-state index contributed by atoms with van der Waals surface area (Å²) in [6, 6.07) is 4.62. The highest BCUT2D eigenvalue weighted by molar-refractivity contribution is 5.28. The van der Waals surface area contributed by atoms with Crippen molar-refractivity contribution < 1.29 is 9.50 Å². The van der Waals surface area contributed by atoms with Crippen LogP contribution in [0.25, 0.3) is 0 Å². The van der Waals surface area contributed by atoms with Crippen LogP contribution in [-0.4, -0.2) is 17.3 Å². The molecule has 16 heavy (non-hydrogen) atoms. The van der Waals surface area contributed by atoms with Crippen molar-refractivity contribution in [2.24, 2.45) is 11.7 Å². The lowest BCUT2D eigenvalue weighted by molar-refractivity contribution is 0.00390. The van der Waals surface area contributed by atoms with E-state index in [4.69, 9.17) is 5.73 Å². The molecular formula is C13H20FNO. The van der Waals surface area contributed by atoms with Crippen LogP contribution < -0.4 is 5.73 Å². The Kier molecular flexibility index (Phi) is 4.05. The maximum atomic E-state index is 13.1. The van der Waals surface area contributed by atoms with Crippen molar-refractivity contribution in [2.75, 3.05) is 6.54 Å². The minimum Gasteiger partial charge on any atom is -0.388 e. The second-order valence-corrected chi connectivity index (χ2v) is 4.71. The number of benzene rings is 1. The molecule has 0 saturated carbocycles. The third kappa shape index (κ3) is 2.80. The van der Waals surface area contributed by atoms with Crippen molar-refractivity contribution >= 4 is 0 Å². The molecule has 1 atom stereocenters. The predicted octanol–water partition coefficient (Wildman–Crippen LogP) is 2.02. The maximum absolute atomic E-state index is 13.1. The van der Waals surface area contributed by atoms with E-state index in [2.05, 4.69) is 0 Å². The summed E-state index contributed by atoms with van der Waals surface area (Å²) in [5.74, 6) is -0.233. The van der Waals surface area contributed by atoms with Crippen molar-refractivity contribution in [1.82, 2.24) is 0 Å². The van der Waals surface area contributed by atoms with E-state index in [0.717, 1.165) is 11.1 Å². The fourth-order valence-electron chi connectivity index (χ4n) is 1.67. The summed E-state index contributed by atoms with van der Waals surface area (Å²) >= 11 is 0. The van der Waals surface area contributed by atoms with Crippen LogP contribution >= 0.6 is 0 Å². The quantitative estimate of drug-likeness (QED) is 0.823. The van der Waals surface area contributed by atoms with Gasteiger partial charge in [-0.05, 0) is 36.1 Å². The highest BCUT2D eigenvalue weighted by atomic mass is 19.1. The average Bonchev–Trinajstić information content (AvgIpc) is 2.23. The summed E-state index contributed by atoms with van der Waals surface area (Å²) in [5, 5.41) is 10.3. The molecule has 3 heteroatoms. The Balaban J connectivity index is 2.98. The van der Waals surface area contributed by atoms with Crippen molar-refractivity contribution in [3.05, 3.63) is 35.1 Å². The topological polar surface area (TPSA) is 46.2 Å². The van der Waals surface area contributed by atoms with Gasteiger partial charge in [0.05, 0.1) is 5.60 Å². The maximum Gasteiger partial charge on any atom is 0.123 e. The van der Waals surface area contributed by atoms with Crippen LogP contribution in [0.2, 0.25) is 0 Å². The molecule has 0 bridgehead atoms. The number of hydrogen-bond donors (Lipinski definition) is 2. The number of rotatable bonds is 4. The van der Waals surface area contributed by atoms with Crippen LogP contribution in [0, 0.1) is 18.7 Å². The molecule has 1 aromatic rings. The fraction of sp³-hybridized carbons (Fsp3) is 0.538. The van der Waals surface area contributed by atoms with Crippen LogP contribution in [0.1, 0.15) is 25.0 Å². The first-order valence-corrected chi connectivity index (χ1v) is 5.56. The molecular weight excluding hydrogens is 205 g/mol. The molecule has 0 saturated heterocycles. The third-order valence-corrected chi connectivity index (χ3v) is 3.24. The van der Waals surface area contributed by atoms with Gasteiger partial charge in [-0.1, -0.05) is 19.9 Å². The zero-order valence-corrected chi connectivity index (χ0v) is 10.1. The van der Waals surface area contributed by atoms with Crippen LogP contribution in [0.3, 0.4) is 0 Å². The van der Waals surface area contributed by atoms with E-state index in [9.17, 15) is 9.50 Å². The van der Waals surface area contributed by atoms with E-state index in [1.165, 1.54) is 12.1 Å².